The second kappa shape index (κ2) is 5.89. The van der Waals surface area contributed by atoms with E-state index in [0.29, 0.717) is 5.56 Å². The van der Waals surface area contributed by atoms with Gasteiger partial charge in [-0.15, -0.1) is 12.4 Å². The molecule has 1 saturated heterocycles. The van der Waals surface area contributed by atoms with Crippen molar-refractivity contribution in [3.05, 3.63) is 41.2 Å². The van der Waals surface area contributed by atoms with Crippen molar-refractivity contribution in [2.24, 2.45) is 0 Å². The van der Waals surface area contributed by atoms with E-state index in [1.54, 1.807) is 6.07 Å². The van der Waals surface area contributed by atoms with Crippen molar-refractivity contribution in [2.45, 2.75) is 12.8 Å². The Morgan fingerprint density at radius 3 is 2.73 bits per heavy atom. The third kappa shape index (κ3) is 3.33. The summed E-state index contributed by atoms with van der Waals surface area (Å²) in [6.45, 7) is 1.98. The van der Waals surface area contributed by atoms with Crippen LogP contribution >= 0.6 is 12.4 Å². The van der Waals surface area contributed by atoms with Crippen molar-refractivity contribution in [3.8, 4) is 0 Å². The van der Waals surface area contributed by atoms with Crippen LogP contribution in [-0.4, -0.2) is 13.1 Å². The zero-order valence-electron chi connectivity index (χ0n) is 8.50. The van der Waals surface area contributed by atoms with E-state index in [0.717, 1.165) is 25.9 Å². The highest BCUT2D eigenvalue weighted by Gasteiger charge is 2.05. The molecular formula is C12H15ClFN. The number of nitrogens with one attached hydrogen (secondary N) is 1. The Balaban J connectivity index is 0.00000112. The molecule has 0 aromatic heterocycles. The molecule has 0 atom stereocenters. The summed E-state index contributed by atoms with van der Waals surface area (Å²) < 4.78 is 13.3. The average Bonchev–Trinajstić information content (AvgIpc) is 2.23. The van der Waals surface area contributed by atoms with Crippen LogP contribution in [-0.2, 0) is 0 Å². The highest BCUT2D eigenvalue weighted by Crippen LogP contribution is 2.15. The van der Waals surface area contributed by atoms with E-state index in [1.165, 1.54) is 11.6 Å². The van der Waals surface area contributed by atoms with Crippen molar-refractivity contribution in [1.29, 1.82) is 0 Å². The molecule has 82 valence electrons. The molecule has 1 aliphatic rings. The van der Waals surface area contributed by atoms with E-state index < -0.39 is 0 Å². The van der Waals surface area contributed by atoms with Gasteiger partial charge in [-0.25, -0.2) is 4.39 Å². The molecule has 1 aromatic carbocycles. The van der Waals surface area contributed by atoms with Gasteiger partial charge in [-0.05, 0) is 25.5 Å². The maximum absolute atomic E-state index is 13.3. The zero-order valence-corrected chi connectivity index (χ0v) is 9.32. The Labute approximate surface area is 95.8 Å². The summed E-state index contributed by atoms with van der Waals surface area (Å²) in [5.41, 5.74) is 1.99. The minimum absolute atomic E-state index is 0. The number of halogens is 2. The van der Waals surface area contributed by atoms with Gasteiger partial charge in [-0.2, -0.15) is 0 Å². The fraction of sp³-hybridized carbons (Fsp3) is 0.333. The third-order valence-electron chi connectivity index (χ3n) is 2.47. The molecule has 1 N–H and O–H groups in total. The van der Waals surface area contributed by atoms with Crippen molar-refractivity contribution in [3.63, 3.8) is 0 Å². The molecule has 0 saturated carbocycles. The molecule has 0 spiro atoms. The van der Waals surface area contributed by atoms with E-state index in [-0.39, 0.29) is 18.2 Å². The predicted octanol–water partition coefficient (Wildman–Crippen LogP) is 3.01. The van der Waals surface area contributed by atoms with Crippen LogP contribution in [0, 0.1) is 5.82 Å². The average molecular weight is 228 g/mol. The van der Waals surface area contributed by atoms with E-state index in [2.05, 4.69) is 5.32 Å². The summed E-state index contributed by atoms with van der Waals surface area (Å²) >= 11 is 0. The van der Waals surface area contributed by atoms with Gasteiger partial charge >= 0.3 is 0 Å². The van der Waals surface area contributed by atoms with Crippen LogP contribution in [0.15, 0.2) is 29.8 Å². The number of hydrogen-bond acceptors (Lipinski definition) is 1. The number of rotatable bonds is 1. The van der Waals surface area contributed by atoms with Crippen LogP contribution in [0.3, 0.4) is 0 Å². The molecule has 0 bridgehead atoms. The first-order valence-electron chi connectivity index (χ1n) is 5.01. The van der Waals surface area contributed by atoms with Crippen LogP contribution in [0.1, 0.15) is 18.4 Å². The maximum atomic E-state index is 13.3. The lowest BCUT2D eigenvalue weighted by molar-refractivity contribution is 0.609. The second-order valence-electron chi connectivity index (χ2n) is 3.60. The Morgan fingerprint density at radius 2 is 2.07 bits per heavy atom. The maximum Gasteiger partial charge on any atom is 0.130 e. The molecule has 15 heavy (non-hydrogen) atoms. The number of benzene rings is 1. The smallest absolute Gasteiger partial charge is 0.130 e. The SMILES string of the molecule is Cl.Fc1ccccc1/C=C1/CCCNC1. The molecule has 1 aromatic rings. The van der Waals surface area contributed by atoms with E-state index >= 15 is 0 Å². The van der Waals surface area contributed by atoms with Gasteiger partial charge in [0.15, 0.2) is 0 Å². The van der Waals surface area contributed by atoms with E-state index in [9.17, 15) is 4.39 Å². The lowest BCUT2D eigenvalue weighted by Crippen LogP contribution is -2.23. The largest absolute Gasteiger partial charge is 0.313 e. The van der Waals surface area contributed by atoms with E-state index in [4.69, 9.17) is 0 Å². The summed E-state index contributed by atoms with van der Waals surface area (Å²) in [7, 11) is 0. The van der Waals surface area contributed by atoms with Crippen LogP contribution in [0.4, 0.5) is 4.39 Å². The first-order valence-corrected chi connectivity index (χ1v) is 5.01. The van der Waals surface area contributed by atoms with Crippen molar-refractivity contribution < 1.29 is 4.39 Å². The molecule has 1 heterocycles. The summed E-state index contributed by atoms with van der Waals surface area (Å²) in [4.78, 5) is 0. The van der Waals surface area contributed by atoms with Crippen molar-refractivity contribution in [1.82, 2.24) is 5.32 Å². The molecule has 0 amide bonds. The molecule has 1 fully saturated rings. The highest BCUT2D eigenvalue weighted by molar-refractivity contribution is 5.85. The quantitative estimate of drug-likeness (QED) is 0.778. The van der Waals surface area contributed by atoms with Gasteiger partial charge in [0.05, 0.1) is 0 Å². The van der Waals surface area contributed by atoms with Crippen molar-refractivity contribution in [2.75, 3.05) is 13.1 Å². The Morgan fingerprint density at radius 1 is 1.27 bits per heavy atom. The van der Waals surface area contributed by atoms with Gasteiger partial charge in [0.25, 0.3) is 0 Å². The lowest BCUT2D eigenvalue weighted by atomic mass is 10.0. The Kier molecular flexibility index (Phi) is 4.79. The molecule has 2 rings (SSSR count). The minimum Gasteiger partial charge on any atom is -0.313 e. The fourth-order valence-electron chi connectivity index (χ4n) is 1.71. The minimum atomic E-state index is -0.134. The second-order valence-corrected chi connectivity index (χ2v) is 3.60. The summed E-state index contributed by atoms with van der Waals surface area (Å²) in [5, 5.41) is 3.28. The van der Waals surface area contributed by atoms with Gasteiger partial charge in [-0.3, -0.25) is 0 Å². The predicted molar refractivity (Wildman–Crippen MR) is 63.7 cm³/mol. The lowest BCUT2D eigenvalue weighted by Gasteiger charge is -2.15. The van der Waals surface area contributed by atoms with Gasteiger partial charge in [0.1, 0.15) is 5.82 Å². The summed E-state index contributed by atoms with van der Waals surface area (Å²) in [6, 6.07) is 6.90. The van der Waals surface area contributed by atoms with Gasteiger partial charge < -0.3 is 5.32 Å². The zero-order chi connectivity index (χ0) is 9.80. The highest BCUT2D eigenvalue weighted by atomic mass is 35.5. The van der Waals surface area contributed by atoms with Gasteiger partial charge in [0, 0.05) is 12.1 Å². The first kappa shape index (κ1) is 12.2. The van der Waals surface area contributed by atoms with Crippen LogP contribution in [0.5, 0.6) is 0 Å². The Bertz CT molecular complexity index is 341. The molecule has 0 unspecified atom stereocenters. The molecule has 0 radical (unpaired) electrons. The topological polar surface area (TPSA) is 12.0 Å². The third-order valence-corrected chi connectivity index (χ3v) is 2.47. The summed E-state index contributed by atoms with van der Waals surface area (Å²) in [5.74, 6) is -0.134. The molecule has 1 nitrogen and oxygen atoms in total. The fourth-order valence-corrected chi connectivity index (χ4v) is 1.71. The molecule has 3 heteroatoms. The van der Waals surface area contributed by atoms with Crippen LogP contribution < -0.4 is 5.32 Å². The van der Waals surface area contributed by atoms with Crippen LogP contribution in [0.2, 0.25) is 0 Å². The number of hydrogen-bond donors (Lipinski definition) is 1. The monoisotopic (exact) mass is 227 g/mol. The molecule has 0 aliphatic carbocycles. The first-order chi connectivity index (χ1) is 6.86. The normalized spacial score (nSPS) is 18.6. The molecular weight excluding hydrogens is 213 g/mol. The van der Waals surface area contributed by atoms with E-state index in [1.807, 2.05) is 18.2 Å². The van der Waals surface area contributed by atoms with Crippen molar-refractivity contribution >= 4 is 18.5 Å². The molecule has 1 aliphatic heterocycles. The number of piperidine rings is 1. The standard InChI is InChI=1S/C12H14FN.ClH/c13-12-6-2-1-5-11(12)8-10-4-3-7-14-9-10;/h1-2,5-6,8,14H,3-4,7,9H2;1H/b10-8-;. The van der Waals surface area contributed by atoms with Gasteiger partial charge in [0.2, 0.25) is 0 Å². The Hall–Kier alpha value is -0.860. The van der Waals surface area contributed by atoms with Gasteiger partial charge in [-0.1, -0.05) is 29.8 Å². The van der Waals surface area contributed by atoms with Crippen LogP contribution in [0.25, 0.3) is 6.08 Å². The summed E-state index contributed by atoms with van der Waals surface area (Å²) in [6.07, 6.45) is 4.20.